The first-order chi connectivity index (χ1) is 9.11. The lowest BCUT2D eigenvalue weighted by molar-refractivity contribution is -0.137. The van der Waals surface area contributed by atoms with Gasteiger partial charge in [-0.15, -0.1) is 0 Å². The molecule has 2 aliphatic rings. The molecule has 0 bridgehead atoms. The van der Waals surface area contributed by atoms with E-state index in [0.717, 1.165) is 24.8 Å². The van der Waals surface area contributed by atoms with Crippen molar-refractivity contribution in [2.24, 2.45) is 11.3 Å². The highest BCUT2D eigenvalue weighted by molar-refractivity contribution is 5.84. The molecule has 1 aromatic carbocycles. The molecule has 2 N–H and O–H groups in total. The zero-order valence-corrected chi connectivity index (χ0v) is 10.6. The van der Waals surface area contributed by atoms with E-state index in [4.69, 9.17) is 5.11 Å². The number of carbonyl (C=O) groups excluding carboxylic acids is 1. The average molecular weight is 259 g/mol. The summed E-state index contributed by atoms with van der Waals surface area (Å²) in [5.74, 6) is -0.758. The molecule has 0 aromatic heterocycles. The van der Waals surface area contributed by atoms with Gasteiger partial charge in [0.05, 0.1) is 12.5 Å². The number of hydrogen-bond donors (Lipinski definition) is 2. The van der Waals surface area contributed by atoms with Gasteiger partial charge in [-0.3, -0.25) is 9.59 Å². The van der Waals surface area contributed by atoms with Crippen LogP contribution in [0.3, 0.4) is 0 Å². The Hall–Kier alpha value is -1.84. The van der Waals surface area contributed by atoms with Gasteiger partial charge in [0, 0.05) is 5.92 Å². The number of nitrogens with one attached hydrogen (secondary N) is 1. The Kier molecular flexibility index (Phi) is 2.81. The van der Waals surface area contributed by atoms with E-state index in [1.54, 1.807) is 0 Å². The fourth-order valence-corrected chi connectivity index (χ4v) is 2.82. The SMILES string of the molecule is O=C(O)CC(NC(=O)C1CC12CC2)c1ccccc1. The summed E-state index contributed by atoms with van der Waals surface area (Å²) in [7, 11) is 0. The zero-order chi connectivity index (χ0) is 13.5. The molecule has 3 rings (SSSR count). The van der Waals surface area contributed by atoms with Crippen LogP contribution in [0.2, 0.25) is 0 Å². The minimum Gasteiger partial charge on any atom is -0.481 e. The van der Waals surface area contributed by atoms with Crippen molar-refractivity contribution in [1.29, 1.82) is 0 Å². The maximum absolute atomic E-state index is 12.1. The summed E-state index contributed by atoms with van der Waals surface area (Å²) < 4.78 is 0. The van der Waals surface area contributed by atoms with E-state index in [0.29, 0.717) is 5.41 Å². The van der Waals surface area contributed by atoms with Crippen LogP contribution in [-0.2, 0) is 9.59 Å². The molecular formula is C15H17NO3. The zero-order valence-electron chi connectivity index (χ0n) is 10.6. The molecule has 0 saturated heterocycles. The third-order valence-electron chi connectivity index (χ3n) is 4.30. The van der Waals surface area contributed by atoms with Crippen LogP contribution in [0, 0.1) is 11.3 Å². The third-order valence-corrected chi connectivity index (χ3v) is 4.30. The number of carbonyl (C=O) groups is 2. The van der Waals surface area contributed by atoms with Crippen LogP contribution < -0.4 is 5.32 Å². The van der Waals surface area contributed by atoms with Crippen molar-refractivity contribution >= 4 is 11.9 Å². The maximum atomic E-state index is 12.1. The lowest BCUT2D eigenvalue weighted by Gasteiger charge is -2.17. The molecule has 2 fully saturated rings. The molecule has 19 heavy (non-hydrogen) atoms. The summed E-state index contributed by atoms with van der Waals surface area (Å²) in [6.45, 7) is 0. The number of carboxylic acid groups (broad SMARTS) is 1. The summed E-state index contributed by atoms with van der Waals surface area (Å²) in [5.41, 5.74) is 1.15. The van der Waals surface area contributed by atoms with Crippen LogP contribution in [0.1, 0.15) is 37.3 Å². The van der Waals surface area contributed by atoms with Crippen molar-refractivity contribution in [1.82, 2.24) is 5.32 Å². The van der Waals surface area contributed by atoms with Gasteiger partial charge in [-0.1, -0.05) is 30.3 Å². The first-order valence-electron chi connectivity index (χ1n) is 6.68. The van der Waals surface area contributed by atoms with E-state index >= 15 is 0 Å². The molecule has 4 heteroatoms. The van der Waals surface area contributed by atoms with Gasteiger partial charge in [0.15, 0.2) is 0 Å². The Labute approximate surface area is 111 Å². The molecule has 2 unspecified atom stereocenters. The van der Waals surface area contributed by atoms with Crippen LogP contribution in [0.5, 0.6) is 0 Å². The summed E-state index contributed by atoms with van der Waals surface area (Å²) in [4.78, 5) is 23.1. The molecule has 1 spiro atoms. The normalized spacial score (nSPS) is 23.7. The van der Waals surface area contributed by atoms with Gasteiger partial charge >= 0.3 is 5.97 Å². The van der Waals surface area contributed by atoms with Crippen LogP contribution >= 0.6 is 0 Å². The number of carboxylic acids is 1. The van der Waals surface area contributed by atoms with E-state index in [9.17, 15) is 9.59 Å². The van der Waals surface area contributed by atoms with Crippen LogP contribution in [-0.4, -0.2) is 17.0 Å². The van der Waals surface area contributed by atoms with Crippen molar-refractivity contribution < 1.29 is 14.7 Å². The van der Waals surface area contributed by atoms with Gasteiger partial charge in [0.25, 0.3) is 0 Å². The average Bonchev–Trinajstić information content (AvgIpc) is 3.30. The topological polar surface area (TPSA) is 66.4 Å². The van der Waals surface area contributed by atoms with Crippen LogP contribution in [0.4, 0.5) is 0 Å². The lowest BCUT2D eigenvalue weighted by atomic mass is 10.0. The van der Waals surface area contributed by atoms with Gasteiger partial charge in [-0.2, -0.15) is 0 Å². The summed E-state index contributed by atoms with van der Waals surface area (Å²) in [6, 6.07) is 8.87. The van der Waals surface area contributed by atoms with Gasteiger partial charge in [0.1, 0.15) is 0 Å². The second-order valence-corrected chi connectivity index (χ2v) is 5.69. The predicted molar refractivity (Wildman–Crippen MR) is 69.4 cm³/mol. The largest absolute Gasteiger partial charge is 0.481 e. The van der Waals surface area contributed by atoms with Gasteiger partial charge in [0.2, 0.25) is 5.91 Å². The standard InChI is InChI=1S/C15H17NO3/c17-13(18)8-12(10-4-2-1-3-5-10)16-14(19)11-9-15(11)6-7-15/h1-5,11-12H,6-9H2,(H,16,19)(H,17,18). The highest BCUT2D eigenvalue weighted by atomic mass is 16.4. The van der Waals surface area contributed by atoms with Gasteiger partial charge in [-0.25, -0.2) is 0 Å². The predicted octanol–water partition coefficient (Wildman–Crippen LogP) is 2.12. The van der Waals surface area contributed by atoms with Crippen LogP contribution in [0.25, 0.3) is 0 Å². The van der Waals surface area contributed by atoms with Gasteiger partial charge < -0.3 is 10.4 Å². The molecule has 2 atom stereocenters. The van der Waals surface area contributed by atoms with Crippen molar-refractivity contribution in [2.75, 3.05) is 0 Å². The monoisotopic (exact) mass is 259 g/mol. The Morgan fingerprint density at radius 3 is 2.53 bits per heavy atom. The number of rotatable bonds is 5. The van der Waals surface area contributed by atoms with Crippen LogP contribution in [0.15, 0.2) is 30.3 Å². The minimum absolute atomic E-state index is 0.0209. The molecule has 0 radical (unpaired) electrons. The summed E-state index contributed by atoms with van der Waals surface area (Å²) in [6.07, 6.45) is 3.21. The second kappa shape index (κ2) is 4.37. The number of hydrogen-bond acceptors (Lipinski definition) is 2. The Bertz CT molecular complexity index is 507. The summed E-state index contributed by atoms with van der Waals surface area (Å²) >= 11 is 0. The molecule has 4 nitrogen and oxygen atoms in total. The molecule has 2 aliphatic carbocycles. The molecule has 2 saturated carbocycles. The first kappa shape index (κ1) is 12.2. The Balaban J connectivity index is 1.69. The molecule has 0 heterocycles. The number of aliphatic carboxylic acids is 1. The van der Waals surface area contributed by atoms with E-state index in [2.05, 4.69) is 5.32 Å². The van der Waals surface area contributed by atoms with Gasteiger partial charge in [-0.05, 0) is 30.2 Å². The maximum Gasteiger partial charge on any atom is 0.305 e. The summed E-state index contributed by atoms with van der Waals surface area (Å²) in [5, 5.41) is 11.9. The highest BCUT2D eigenvalue weighted by Crippen LogP contribution is 2.70. The van der Waals surface area contributed by atoms with E-state index in [1.807, 2.05) is 30.3 Å². The number of benzene rings is 1. The quantitative estimate of drug-likeness (QED) is 0.851. The third kappa shape index (κ3) is 2.48. The molecular weight excluding hydrogens is 242 g/mol. The molecule has 100 valence electrons. The second-order valence-electron chi connectivity index (χ2n) is 5.69. The highest BCUT2D eigenvalue weighted by Gasteiger charge is 2.65. The van der Waals surface area contributed by atoms with Crippen molar-refractivity contribution in [3.63, 3.8) is 0 Å². The number of amides is 1. The fourth-order valence-electron chi connectivity index (χ4n) is 2.82. The molecule has 0 aliphatic heterocycles. The lowest BCUT2D eigenvalue weighted by Crippen LogP contribution is -2.31. The van der Waals surface area contributed by atoms with E-state index in [1.165, 1.54) is 0 Å². The minimum atomic E-state index is -0.897. The van der Waals surface area contributed by atoms with Crippen molar-refractivity contribution in [3.05, 3.63) is 35.9 Å². The van der Waals surface area contributed by atoms with E-state index < -0.39 is 12.0 Å². The fraction of sp³-hybridized carbons (Fsp3) is 0.467. The van der Waals surface area contributed by atoms with E-state index in [-0.39, 0.29) is 18.2 Å². The van der Waals surface area contributed by atoms with Crippen molar-refractivity contribution in [3.8, 4) is 0 Å². The molecule has 1 aromatic rings. The molecule has 1 amide bonds. The Morgan fingerprint density at radius 1 is 1.32 bits per heavy atom. The van der Waals surface area contributed by atoms with Crippen molar-refractivity contribution in [2.45, 2.75) is 31.7 Å². The first-order valence-corrected chi connectivity index (χ1v) is 6.68. The Morgan fingerprint density at radius 2 is 2.00 bits per heavy atom. The smallest absolute Gasteiger partial charge is 0.305 e.